The number of thioether (sulfide) groups is 1. The monoisotopic (exact) mass is 424 g/mol. The highest BCUT2D eigenvalue weighted by Gasteiger charge is 2.09. The highest BCUT2D eigenvalue weighted by Crippen LogP contribution is 2.24. The number of nitrogens with one attached hydrogen (secondary N) is 2. The number of rotatable bonds is 6. The molecule has 0 fully saturated rings. The Kier molecular flexibility index (Phi) is 5.59. The van der Waals surface area contributed by atoms with E-state index in [1.165, 1.54) is 0 Å². The van der Waals surface area contributed by atoms with Crippen LogP contribution >= 0.6 is 23.1 Å². The molecule has 0 aliphatic heterocycles. The number of amides is 1. The van der Waals surface area contributed by atoms with Gasteiger partial charge in [0, 0.05) is 32.8 Å². The number of H-pyrrole nitrogens is 1. The van der Waals surface area contributed by atoms with Gasteiger partial charge in [0.25, 0.3) is 5.91 Å². The van der Waals surface area contributed by atoms with Gasteiger partial charge in [0.1, 0.15) is 0 Å². The highest BCUT2D eigenvalue weighted by molar-refractivity contribution is 7.98. The Labute approximate surface area is 174 Å². The molecule has 4 rings (SSSR count). The van der Waals surface area contributed by atoms with E-state index in [-0.39, 0.29) is 5.91 Å². The second kappa shape index (κ2) is 8.46. The van der Waals surface area contributed by atoms with Crippen molar-refractivity contribution in [3.8, 4) is 11.4 Å². The van der Waals surface area contributed by atoms with Crippen LogP contribution in [0.3, 0.4) is 0 Å². The maximum absolute atomic E-state index is 12.5. The fraction of sp³-hybridized carbons (Fsp3) is 0.100. The summed E-state index contributed by atoms with van der Waals surface area (Å²) in [7, 11) is 0. The van der Waals surface area contributed by atoms with Crippen molar-refractivity contribution < 1.29 is 9.32 Å². The Bertz CT molecular complexity index is 1190. The van der Waals surface area contributed by atoms with Gasteiger partial charge in [0.15, 0.2) is 5.82 Å². The summed E-state index contributed by atoms with van der Waals surface area (Å²) >= 11 is 3.32. The summed E-state index contributed by atoms with van der Waals surface area (Å²) < 4.78 is 4.52. The van der Waals surface area contributed by atoms with Crippen molar-refractivity contribution in [2.45, 2.75) is 17.6 Å². The molecule has 1 amide bonds. The fourth-order valence-electron chi connectivity index (χ4n) is 2.64. The Hall–Kier alpha value is -3.17. The first-order chi connectivity index (χ1) is 14.1. The zero-order valence-corrected chi connectivity index (χ0v) is 17.0. The number of anilines is 1. The Balaban J connectivity index is 1.40. The van der Waals surface area contributed by atoms with Gasteiger partial charge in [-0.05, 0) is 43.3 Å². The number of nitrogens with zero attached hydrogens (tertiary/aromatic N) is 2. The largest absolute Gasteiger partial charge is 0.439 e. The first kappa shape index (κ1) is 19.2. The lowest BCUT2D eigenvalue weighted by Gasteiger charge is -2.07. The van der Waals surface area contributed by atoms with Crippen LogP contribution in [0, 0.1) is 6.92 Å². The first-order valence-corrected chi connectivity index (χ1v) is 10.5. The van der Waals surface area contributed by atoms with E-state index in [0.29, 0.717) is 22.6 Å². The van der Waals surface area contributed by atoms with Crippen molar-refractivity contribution in [1.82, 2.24) is 15.1 Å². The maximum Gasteiger partial charge on any atom is 0.439 e. The third-order valence-corrected chi connectivity index (χ3v) is 5.87. The summed E-state index contributed by atoms with van der Waals surface area (Å²) in [6, 6.07) is 14.4. The van der Waals surface area contributed by atoms with Crippen LogP contribution in [0.2, 0.25) is 0 Å². The van der Waals surface area contributed by atoms with E-state index in [2.05, 4.69) is 30.3 Å². The highest BCUT2D eigenvalue weighted by atomic mass is 32.2. The summed E-state index contributed by atoms with van der Waals surface area (Å²) in [6.07, 6.45) is 0. The van der Waals surface area contributed by atoms with Crippen molar-refractivity contribution in [2.24, 2.45) is 0 Å². The molecule has 29 heavy (non-hydrogen) atoms. The number of carbonyl (C=O) groups is 1. The molecule has 0 aliphatic rings. The van der Waals surface area contributed by atoms with E-state index in [1.54, 1.807) is 59.5 Å². The smallest absolute Gasteiger partial charge is 0.322 e. The lowest BCUT2D eigenvalue weighted by Crippen LogP contribution is -2.11. The minimum absolute atomic E-state index is 0.220. The number of hydrogen-bond acceptors (Lipinski definition) is 7. The van der Waals surface area contributed by atoms with Crippen molar-refractivity contribution in [3.05, 3.63) is 80.7 Å². The lowest BCUT2D eigenvalue weighted by molar-refractivity contribution is 0.102. The van der Waals surface area contributed by atoms with E-state index in [1.807, 2.05) is 19.1 Å². The molecule has 0 saturated carbocycles. The van der Waals surface area contributed by atoms with Crippen molar-refractivity contribution >= 4 is 34.7 Å². The van der Waals surface area contributed by atoms with Crippen LogP contribution < -0.4 is 11.1 Å². The van der Waals surface area contributed by atoms with Crippen molar-refractivity contribution in [2.75, 3.05) is 5.32 Å². The number of aromatic amines is 1. The summed E-state index contributed by atoms with van der Waals surface area (Å²) in [4.78, 5) is 31.7. The molecule has 9 heteroatoms. The van der Waals surface area contributed by atoms with Gasteiger partial charge in [-0.1, -0.05) is 17.3 Å². The molecule has 0 unspecified atom stereocenters. The third kappa shape index (κ3) is 4.82. The van der Waals surface area contributed by atoms with Crippen LogP contribution in [0.25, 0.3) is 11.4 Å². The summed E-state index contributed by atoms with van der Waals surface area (Å²) in [5.41, 5.74) is 2.85. The first-order valence-electron chi connectivity index (χ1n) is 8.68. The standard InChI is InChI=1S/C20H16N4O3S2/c1-12-21-16(10-28-12)11-29-17-7-5-13(6-8-17)19(25)22-15-4-2-3-14(9-15)18-23-20(26)27-24-18/h2-10H,11H2,1H3,(H,22,25)(H,23,24,26). The van der Waals surface area contributed by atoms with E-state index >= 15 is 0 Å². The summed E-state index contributed by atoms with van der Waals surface area (Å²) in [6.45, 7) is 1.99. The quantitative estimate of drug-likeness (QED) is 0.447. The molecule has 0 saturated heterocycles. The van der Waals surface area contributed by atoms with Crippen LogP contribution in [-0.4, -0.2) is 21.0 Å². The van der Waals surface area contributed by atoms with E-state index in [0.717, 1.165) is 21.3 Å². The van der Waals surface area contributed by atoms with Crippen LogP contribution in [-0.2, 0) is 5.75 Å². The molecule has 0 bridgehead atoms. The molecule has 0 spiro atoms. The molecular formula is C20H16N4O3S2. The van der Waals surface area contributed by atoms with E-state index in [9.17, 15) is 9.59 Å². The van der Waals surface area contributed by atoms with Crippen LogP contribution in [0.1, 0.15) is 21.1 Å². The Morgan fingerprint density at radius 3 is 2.76 bits per heavy atom. The molecule has 4 aromatic rings. The maximum atomic E-state index is 12.5. The second-order valence-corrected chi connectivity index (χ2v) is 8.26. The SMILES string of the molecule is Cc1nc(CSc2ccc(C(=O)Nc3cccc(-c4noc(=O)[nH]4)c3)cc2)cs1. The molecule has 0 radical (unpaired) electrons. The molecule has 0 aliphatic carbocycles. The normalized spacial score (nSPS) is 10.8. The Morgan fingerprint density at radius 2 is 2.07 bits per heavy atom. The van der Waals surface area contributed by atoms with Crippen LogP contribution in [0.4, 0.5) is 5.69 Å². The number of carbonyl (C=O) groups excluding carboxylic acids is 1. The molecule has 2 aromatic carbocycles. The number of hydrogen-bond donors (Lipinski definition) is 2. The molecule has 2 N–H and O–H groups in total. The lowest BCUT2D eigenvalue weighted by atomic mass is 10.1. The zero-order chi connectivity index (χ0) is 20.2. The topological polar surface area (TPSA) is 101 Å². The zero-order valence-electron chi connectivity index (χ0n) is 15.3. The Morgan fingerprint density at radius 1 is 1.24 bits per heavy atom. The molecule has 0 atom stereocenters. The van der Waals surface area contributed by atoms with Crippen LogP contribution in [0.5, 0.6) is 0 Å². The van der Waals surface area contributed by atoms with Gasteiger partial charge < -0.3 is 5.32 Å². The molecular weight excluding hydrogens is 408 g/mol. The molecule has 2 heterocycles. The van der Waals surface area contributed by atoms with Gasteiger partial charge in [0.05, 0.1) is 10.7 Å². The number of aromatic nitrogens is 3. The van der Waals surface area contributed by atoms with Crippen molar-refractivity contribution in [1.29, 1.82) is 0 Å². The van der Waals surface area contributed by atoms with Gasteiger partial charge in [-0.25, -0.2) is 9.78 Å². The predicted molar refractivity (Wildman–Crippen MR) is 113 cm³/mol. The summed E-state index contributed by atoms with van der Waals surface area (Å²) in [5, 5.41) is 9.63. The van der Waals surface area contributed by atoms with Gasteiger partial charge >= 0.3 is 5.76 Å². The van der Waals surface area contributed by atoms with E-state index < -0.39 is 5.76 Å². The average molecular weight is 425 g/mol. The van der Waals surface area contributed by atoms with Gasteiger partial charge in [-0.2, -0.15) is 0 Å². The number of benzene rings is 2. The minimum Gasteiger partial charge on any atom is -0.322 e. The number of aryl methyl sites for hydroxylation is 1. The average Bonchev–Trinajstić information content (AvgIpc) is 3.35. The van der Waals surface area contributed by atoms with Gasteiger partial charge in [-0.3, -0.25) is 14.3 Å². The minimum atomic E-state index is -0.627. The van der Waals surface area contributed by atoms with Crippen molar-refractivity contribution in [3.63, 3.8) is 0 Å². The fourth-order valence-corrected chi connectivity index (χ4v) is 4.15. The molecule has 146 valence electrons. The van der Waals surface area contributed by atoms with Gasteiger partial charge in [-0.15, -0.1) is 23.1 Å². The third-order valence-electron chi connectivity index (χ3n) is 4.00. The van der Waals surface area contributed by atoms with Gasteiger partial charge in [0.2, 0.25) is 0 Å². The second-order valence-electron chi connectivity index (χ2n) is 6.15. The van der Waals surface area contributed by atoms with E-state index in [4.69, 9.17) is 0 Å². The predicted octanol–water partition coefficient (Wildman–Crippen LogP) is 4.34. The number of thiazole rings is 1. The molecule has 2 aromatic heterocycles. The summed E-state index contributed by atoms with van der Waals surface area (Å²) in [5.74, 6) is 0.259. The van der Waals surface area contributed by atoms with Crippen LogP contribution in [0.15, 0.2) is 68.1 Å². The molecule has 7 nitrogen and oxygen atoms in total.